The number of amides is 2. The first-order chi connectivity index (χ1) is 11.0. The summed E-state index contributed by atoms with van der Waals surface area (Å²) in [6.45, 7) is 0. The summed E-state index contributed by atoms with van der Waals surface area (Å²) < 4.78 is 0. The normalized spacial score (nSPS) is 21.6. The van der Waals surface area contributed by atoms with Gasteiger partial charge in [0.2, 0.25) is 11.8 Å². The average Bonchev–Trinajstić information content (AvgIpc) is 2.55. The molecule has 0 N–H and O–H groups in total. The highest BCUT2D eigenvalue weighted by atomic mass is 35.5. The number of hydrogen-bond donors (Lipinski definition) is 0. The van der Waals surface area contributed by atoms with Crippen molar-refractivity contribution >= 4 is 35.0 Å². The van der Waals surface area contributed by atoms with Crippen LogP contribution >= 0.6 is 23.2 Å². The second-order valence-electron chi connectivity index (χ2n) is 5.62. The molecule has 118 valence electrons. The number of halogens is 2. The van der Waals surface area contributed by atoms with Crippen LogP contribution in [0.15, 0.2) is 48.5 Å². The first kappa shape index (κ1) is 16.0. The van der Waals surface area contributed by atoms with Crippen molar-refractivity contribution in [3.63, 3.8) is 0 Å². The molecule has 2 aromatic carbocycles. The van der Waals surface area contributed by atoms with Crippen LogP contribution in [0.3, 0.4) is 0 Å². The van der Waals surface area contributed by atoms with E-state index in [0.29, 0.717) is 16.5 Å². The summed E-state index contributed by atoms with van der Waals surface area (Å²) in [4.78, 5) is 26.3. The molecular formula is C18H15Cl2NO2. The molecule has 0 bridgehead atoms. The van der Waals surface area contributed by atoms with E-state index in [1.807, 2.05) is 36.4 Å². The number of rotatable bonds is 2. The number of hydrogen-bond acceptors (Lipinski definition) is 2. The Morgan fingerprint density at radius 1 is 0.826 bits per heavy atom. The van der Waals surface area contributed by atoms with E-state index >= 15 is 0 Å². The quantitative estimate of drug-likeness (QED) is 0.761. The fourth-order valence-electron chi connectivity index (χ4n) is 3.05. The van der Waals surface area contributed by atoms with Crippen LogP contribution in [0.1, 0.15) is 29.4 Å². The number of imide groups is 1. The van der Waals surface area contributed by atoms with E-state index in [0.717, 1.165) is 11.1 Å². The van der Waals surface area contributed by atoms with E-state index < -0.39 is 11.8 Å². The van der Waals surface area contributed by atoms with Gasteiger partial charge in [0.1, 0.15) is 0 Å². The number of likely N-dealkylation sites (N-methyl/N-ethyl adjacent to an activating group) is 1. The Morgan fingerprint density at radius 3 is 1.61 bits per heavy atom. The fraction of sp³-hybridized carbons (Fsp3) is 0.222. The summed E-state index contributed by atoms with van der Waals surface area (Å²) >= 11 is 12.5. The second-order valence-corrected chi connectivity index (χ2v) is 6.43. The Balaban J connectivity index is 2.03. The largest absolute Gasteiger partial charge is 0.285 e. The molecule has 2 atom stereocenters. The fourth-order valence-corrected chi connectivity index (χ4v) is 3.58. The Morgan fingerprint density at radius 2 is 1.22 bits per heavy atom. The van der Waals surface area contributed by atoms with Gasteiger partial charge in [0.15, 0.2) is 0 Å². The first-order valence-electron chi connectivity index (χ1n) is 7.31. The van der Waals surface area contributed by atoms with E-state index in [1.54, 1.807) is 12.1 Å². The monoisotopic (exact) mass is 347 g/mol. The zero-order valence-corrected chi connectivity index (χ0v) is 14.0. The van der Waals surface area contributed by atoms with Crippen molar-refractivity contribution in [1.82, 2.24) is 4.90 Å². The van der Waals surface area contributed by atoms with E-state index in [1.165, 1.54) is 11.9 Å². The number of benzene rings is 2. The van der Waals surface area contributed by atoms with Crippen LogP contribution in [-0.4, -0.2) is 23.8 Å². The van der Waals surface area contributed by atoms with Gasteiger partial charge in [-0.1, -0.05) is 59.6 Å². The molecule has 0 aliphatic carbocycles. The molecule has 1 fully saturated rings. The predicted molar refractivity (Wildman–Crippen MR) is 90.8 cm³/mol. The molecule has 1 aliphatic heterocycles. The average molecular weight is 348 g/mol. The molecule has 3 nitrogen and oxygen atoms in total. The number of carbonyl (C=O) groups is 2. The standard InChI is InChI=1S/C18H15Cl2NO2/c1-21-17(22)13(11-6-2-4-8-15(11)19)10-14(18(21)23)12-7-3-5-9-16(12)20/h2-9,13-14H,10H2,1H3. The van der Waals surface area contributed by atoms with Crippen molar-refractivity contribution in [2.24, 2.45) is 0 Å². The van der Waals surface area contributed by atoms with Gasteiger partial charge in [-0.3, -0.25) is 14.5 Å². The lowest BCUT2D eigenvalue weighted by atomic mass is 9.80. The van der Waals surface area contributed by atoms with Gasteiger partial charge in [-0.15, -0.1) is 0 Å². The minimum absolute atomic E-state index is 0.230. The van der Waals surface area contributed by atoms with Crippen LogP contribution in [0.4, 0.5) is 0 Å². The third-order valence-electron chi connectivity index (χ3n) is 4.29. The molecular weight excluding hydrogens is 333 g/mol. The van der Waals surface area contributed by atoms with Gasteiger partial charge in [0.25, 0.3) is 0 Å². The van der Waals surface area contributed by atoms with E-state index in [4.69, 9.17) is 23.2 Å². The van der Waals surface area contributed by atoms with Gasteiger partial charge in [-0.25, -0.2) is 0 Å². The van der Waals surface area contributed by atoms with Crippen molar-refractivity contribution in [2.45, 2.75) is 18.3 Å². The molecule has 2 amide bonds. The third-order valence-corrected chi connectivity index (χ3v) is 4.98. The highest BCUT2D eigenvalue weighted by Crippen LogP contribution is 2.40. The molecule has 0 radical (unpaired) electrons. The molecule has 1 aliphatic rings. The minimum atomic E-state index is -0.451. The van der Waals surface area contributed by atoms with Gasteiger partial charge in [-0.2, -0.15) is 0 Å². The van der Waals surface area contributed by atoms with Gasteiger partial charge in [0, 0.05) is 17.1 Å². The Bertz CT molecular complexity index is 712. The summed E-state index contributed by atoms with van der Waals surface area (Å²) in [7, 11) is 1.51. The molecule has 3 rings (SSSR count). The van der Waals surface area contributed by atoms with Gasteiger partial charge < -0.3 is 0 Å². The van der Waals surface area contributed by atoms with Gasteiger partial charge in [0.05, 0.1) is 11.8 Å². The molecule has 1 heterocycles. The Hall–Kier alpha value is -1.84. The zero-order valence-electron chi connectivity index (χ0n) is 12.5. The number of nitrogens with zero attached hydrogens (tertiary/aromatic N) is 1. The smallest absolute Gasteiger partial charge is 0.236 e. The molecule has 0 aromatic heterocycles. The third kappa shape index (κ3) is 2.87. The SMILES string of the molecule is CN1C(=O)C(c2ccccc2Cl)CC(c2ccccc2Cl)C1=O. The molecule has 0 saturated carbocycles. The van der Waals surface area contributed by atoms with Crippen LogP contribution in [0, 0.1) is 0 Å². The summed E-state index contributed by atoms with van der Waals surface area (Å²) in [5.41, 5.74) is 1.49. The van der Waals surface area contributed by atoms with Gasteiger partial charge >= 0.3 is 0 Å². The summed E-state index contributed by atoms with van der Waals surface area (Å²) in [6.07, 6.45) is 0.371. The molecule has 1 saturated heterocycles. The molecule has 2 aromatic rings. The van der Waals surface area contributed by atoms with Crippen LogP contribution in [-0.2, 0) is 9.59 Å². The highest BCUT2D eigenvalue weighted by molar-refractivity contribution is 6.32. The van der Waals surface area contributed by atoms with Crippen molar-refractivity contribution in [2.75, 3.05) is 7.05 Å². The van der Waals surface area contributed by atoms with Crippen molar-refractivity contribution < 1.29 is 9.59 Å². The van der Waals surface area contributed by atoms with E-state index in [-0.39, 0.29) is 11.8 Å². The number of piperidine rings is 1. The summed E-state index contributed by atoms with van der Waals surface area (Å²) in [5, 5.41) is 1.07. The molecule has 0 spiro atoms. The highest BCUT2D eigenvalue weighted by Gasteiger charge is 2.41. The summed E-state index contributed by atoms with van der Waals surface area (Å²) in [5.74, 6) is -1.36. The lowest BCUT2D eigenvalue weighted by Gasteiger charge is -2.34. The van der Waals surface area contributed by atoms with Crippen LogP contribution in [0.5, 0.6) is 0 Å². The van der Waals surface area contributed by atoms with E-state index in [9.17, 15) is 9.59 Å². The summed E-state index contributed by atoms with van der Waals surface area (Å²) in [6, 6.07) is 14.5. The first-order valence-corrected chi connectivity index (χ1v) is 8.06. The Kier molecular flexibility index (Phi) is 4.42. The van der Waals surface area contributed by atoms with Crippen molar-refractivity contribution in [3.05, 3.63) is 69.7 Å². The predicted octanol–water partition coefficient (Wildman–Crippen LogP) is 4.25. The molecule has 5 heteroatoms. The molecule has 2 unspecified atom stereocenters. The van der Waals surface area contributed by atoms with Crippen LogP contribution in [0.25, 0.3) is 0 Å². The number of likely N-dealkylation sites (tertiary alicyclic amines) is 1. The van der Waals surface area contributed by atoms with Crippen LogP contribution in [0.2, 0.25) is 10.0 Å². The zero-order chi connectivity index (χ0) is 16.6. The maximum absolute atomic E-state index is 12.6. The van der Waals surface area contributed by atoms with Gasteiger partial charge in [-0.05, 0) is 29.7 Å². The maximum Gasteiger partial charge on any atom is 0.236 e. The van der Waals surface area contributed by atoms with E-state index in [2.05, 4.69) is 0 Å². The van der Waals surface area contributed by atoms with Crippen molar-refractivity contribution in [1.29, 1.82) is 0 Å². The maximum atomic E-state index is 12.6. The molecule has 23 heavy (non-hydrogen) atoms. The van der Waals surface area contributed by atoms with Crippen molar-refractivity contribution in [3.8, 4) is 0 Å². The second kappa shape index (κ2) is 6.34. The lowest BCUT2D eigenvalue weighted by Crippen LogP contribution is -2.45. The Labute approximate surface area is 144 Å². The van der Waals surface area contributed by atoms with Crippen LogP contribution < -0.4 is 0 Å². The topological polar surface area (TPSA) is 37.4 Å². The number of carbonyl (C=O) groups excluding carboxylic acids is 2. The lowest BCUT2D eigenvalue weighted by molar-refractivity contribution is -0.148. The minimum Gasteiger partial charge on any atom is -0.285 e.